The lowest BCUT2D eigenvalue weighted by Crippen LogP contribution is -2.57. The number of nitrogens with one attached hydrogen (secondary N) is 1. The number of nitrogens with zero attached hydrogens (tertiary/aromatic N) is 3. The van der Waals surface area contributed by atoms with Gasteiger partial charge in [0.25, 0.3) is 0 Å². The molecule has 1 aromatic carbocycles. The van der Waals surface area contributed by atoms with E-state index in [1.807, 2.05) is 30.3 Å². The molecule has 2 N–H and O–H groups in total. The Morgan fingerprint density at radius 3 is 2.48 bits per heavy atom. The van der Waals surface area contributed by atoms with Crippen LogP contribution in [0.1, 0.15) is 31.9 Å². The Labute approximate surface area is 174 Å². The molecule has 1 heterocycles. The number of aliphatic carboxylic acids is 1. The zero-order valence-electron chi connectivity index (χ0n) is 16.8. The fraction of sp³-hybridized carbons (Fsp3) is 0.400. The van der Waals surface area contributed by atoms with E-state index in [-0.39, 0.29) is 18.3 Å². The lowest BCUT2D eigenvalue weighted by atomic mass is 10.0. The van der Waals surface area contributed by atoms with E-state index in [9.17, 15) is 14.7 Å². The first-order valence-electron chi connectivity index (χ1n) is 9.05. The Balaban J connectivity index is 2.18. The number of carbonyl (C=O) groups is 2. The number of carboxylic acid groups (broad SMARTS) is 1. The van der Waals surface area contributed by atoms with Gasteiger partial charge in [0.1, 0.15) is 23.9 Å². The smallest absolute Gasteiger partial charge is 0.411 e. The molecule has 0 saturated carbocycles. The topological polar surface area (TPSA) is 105 Å². The molecule has 0 aliphatic carbocycles. The zero-order chi connectivity index (χ0) is 21.6. The molecule has 0 bridgehead atoms. The molecule has 0 aliphatic rings. The number of carbonyl (C=O) groups excluding carboxylic acids is 1. The van der Waals surface area contributed by atoms with Crippen molar-refractivity contribution in [2.24, 2.45) is 0 Å². The Hall–Kier alpha value is -2.87. The molecule has 0 fully saturated rings. The molecule has 1 amide bonds. The van der Waals surface area contributed by atoms with Gasteiger partial charge in [-0.2, -0.15) is 0 Å². The van der Waals surface area contributed by atoms with Crippen molar-refractivity contribution in [3.63, 3.8) is 0 Å². The van der Waals surface area contributed by atoms with Crippen LogP contribution in [-0.2, 0) is 16.1 Å². The molecule has 0 radical (unpaired) electrons. The van der Waals surface area contributed by atoms with Crippen LogP contribution >= 0.6 is 11.6 Å². The maximum atomic E-state index is 12.8. The first-order valence-corrected chi connectivity index (χ1v) is 9.43. The normalized spacial score (nSPS) is 12.2. The zero-order valence-corrected chi connectivity index (χ0v) is 17.6. The number of halogens is 1. The predicted octanol–water partition coefficient (Wildman–Crippen LogP) is 3.74. The van der Waals surface area contributed by atoms with Crippen LogP contribution in [0.5, 0.6) is 0 Å². The Kier molecular flexibility index (Phi) is 7.39. The summed E-state index contributed by atoms with van der Waals surface area (Å²) in [6.07, 6.45) is 0.566. The molecule has 1 atom stereocenters. The van der Waals surface area contributed by atoms with Crippen molar-refractivity contribution in [2.75, 3.05) is 11.9 Å². The fourth-order valence-electron chi connectivity index (χ4n) is 2.75. The third kappa shape index (κ3) is 6.05. The molecular formula is C20H25ClN4O4. The second-order valence-electron chi connectivity index (χ2n) is 7.45. The number of ether oxygens (including phenoxy) is 1. The number of amides is 1. The summed E-state index contributed by atoms with van der Waals surface area (Å²) in [4.78, 5) is 34.0. The highest BCUT2D eigenvalue weighted by Crippen LogP contribution is 2.22. The van der Waals surface area contributed by atoms with E-state index in [0.29, 0.717) is 11.4 Å². The summed E-state index contributed by atoms with van der Waals surface area (Å²) >= 11 is 5.98. The SMILES string of the molecule is Cc1c(Cl)ncnc1NC[C@@H](C(=O)O)N(C(=O)OCc1ccccc1)C(C)(C)C. The molecule has 0 aliphatic heterocycles. The van der Waals surface area contributed by atoms with Gasteiger partial charge in [-0.15, -0.1) is 0 Å². The maximum Gasteiger partial charge on any atom is 0.411 e. The van der Waals surface area contributed by atoms with Crippen LogP contribution in [0.4, 0.5) is 10.6 Å². The van der Waals surface area contributed by atoms with Crippen LogP contribution < -0.4 is 5.32 Å². The second kappa shape index (κ2) is 9.56. The van der Waals surface area contributed by atoms with Gasteiger partial charge in [-0.05, 0) is 33.3 Å². The number of carboxylic acids is 1. The minimum atomic E-state index is -1.19. The summed E-state index contributed by atoms with van der Waals surface area (Å²) in [7, 11) is 0. The van der Waals surface area contributed by atoms with Gasteiger partial charge < -0.3 is 15.2 Å². The Morgan fingerprint density at radius 1 is 1.24 bits per heavy atom. The average molecular weight is 421 g/mol. The molecule has 0 saturated heterocycles. The second-order valence-corrected chi connectivity index (χ2v) is 7.81. The monoisotopic (exact) mass is 420 g/mol. The molecule has 1 aromatic heterocycles. The van der Waals surface area contributed by atoms with Crippen LogP contribution in [0.15, 0.2) is 36.7 Å². The standard InChI is InChI=1S/C20H25ClN4O4/c1-13-16(21)23-12-24-17(13)22-10-15(18(26)27)25(20(2,3)4)19(28)29-11-14-8-6-5-7-9-14/h5-9,12,15H,10-11H2,1-4H3,(H,26,27)(H,22,23,24)/t15-/m0/s1. The van der Waals surface area contributed by atoms with Crippen LogP contribution in [0.2, 0.25) is 5.15 Å². The van der Waals surface area contributed by atoms with Gasteiger partial charge >= 0.3 is 12.1 Å². The lowest BCUT2D eigenvalue weighted by molar-refractivity contribution is -0.144. The largest absolute Gasteiger partial charge is 0.480 e. The van der Waals surface area contributed by atoms with Crippen LogP contribution in [0.25, 0.3) is 0 Å². The molecule has 8 nitrogen and oxygen atoms in total. The predicted molar refractivity (Wildman–Crippen MR) is 110 cm³/mol. The Bertz CT molecular complexity index is 855. The average Bonchev–Trinajstić information content (AvgIpc) is 2.65. The number of aromatic nitrogens is 2. The van der Waals surface area contributed by atoms with Crippen LogP contribution in [0, 0.1) is 6.92 Å². The van der Waals surface area contributed by atoms with Crippen molar-refractivity contribution in [1.82, 2.24) is 14.9 Å². The van der Waals surface area contributed by atoms with Crippen molar-refractivity contribution in [3.05, 3.63) is 52.9 Å². The number of hydrogen-bond acceptors (Lipinski definition) is 6. The molecule has 0 unspecified atom stereocenters. The molecule has 9 heteroatoms. The van der Waals surface area contributed by atoms with E-state index in [4.69, 9.17) is 16.3 Å². The molecular weight excluding hydrogens is 396 g/mol. The van der Waals surface area contributed by atoms with Gasteiger partial charge in [-0.1, -0.05) is 41.9 Å². The minimum absolute atomic E-state index is 0.0483. The third-order valence-corrected chi connectivity index (χ3v) is 4.59. The van der Waals surface area contributed by atoms with Crippen molar-refractivity contribution in [3.8, 4) is 0 Å². The van der Waals surface area contributed by atoms with E-state index in [1.165, 1.54) is 11.2 Å². The van der Waals surface area contributed by atoms with E-state index in [2.05, 4.69) is 15.3 Å². The van der Waals surface area contributed by atoms with E-state index in [1.54, 1.807) is 27.7 Å². The molecule has 2 rings (SSSR count). The summed E-state index contributed by atoms with van der Waals surface area (Å²) in [5.74, 6) is -0.760. The van der Waals surface area contributed by atoms with Crippen molar-refractivity contribution < 1.29 is 19.4 Å². The van der Waals surface area contributed by atoms with Gasteiger partial charge in [-0.3, -0.25) is 4.90 Å². The van der Waals surface area contributed by atoms with E-state index >= 15 is 0 Å². The Morgan fingerprint density at radius 2 is 1.90 bits per heavy atom. The van der Waals surface area contributed by atoms with Gasteiger partial charge in [-0.25, -0.2) is 19.6 Å². The summed E-state index contributed by atoms with van der Waals surface area (Å²) in [5.41, 5.74) is 0.606. The quantitative estimate of drug-likeness (QED) is 0.657. The van der Waals surface area contributed by atoms with Gasteiger partial charge in [0, 0.05) is 17.6 Å². The molecule has 0 spiro atoms. The maximum absolute atomic E-state index is 12.8. The van der Waals surface area contributed by atoms with Gasteiger partial charge in [0.05, 0.1) is 0 Å². The number of rotatable bonds is 7. The highest BCUT2D eigenvalue weighted by Gasteiger charge is 2.38. The highest BCUT2D eigenvalue weighted by atomic mass is 35.5. The van der Waals surface area contributed by atoms with Gasteiger partial charge in [0.15, 0.2) is 6.04 Å². The molecule has 2 aromatic rings. The van der Waals surface area contributed by atoms with E-state index in [0.717, 1.165) is 5.56 Å². The summed E-state index contributed by atoms with van der Waals surface area (Å²) in [5, 5.41) is 13.0. The first-order chi connectivity index (χ1) is 13.6. The van der Waals surface area contributed by atoms with Crippen LogP contribution in [0.3, 0.4) is 0 Å². The van der Waals surface area contributed by atoms with Gasteiger partial charge in [0.2, 0.25) is 0 Å². The molecule has 156 valence electrons. The summed E-state index contributed by atoms with van der Waals surface area (Å²) in [6.45, 7) is 6.93. The van der Waals surface area contributed by atoms with Crippen molar-refractivity contribution in [2.45, 2.75) is 45.9 Å². The lowest BCUT2D eigenvalue weighted by Gasteiger charge is -2.39. The number of hydrogen-bond donors (Lipinski definition) is 2. The summed E-state index contributed by atoms with van der Waals surface area (Å²) in [6, 6.07) is 8.00. The van der Waals surface area contributed by atoms with Crippen molar-refractivity contribution >= 4 is 29.5 Å². The fourth-order valence-corrected chi connectivity index (χ4v) is 2.88. The highest BCUT2D eigenvalue weighted by molar-refractivity contribution is 6.30. The third-order valence-electron chi connectivity index (χ3n) is 4.21. The first kappa shape index (κ1) is 22.4. The van der Waals surface area contributed by atoms with Crippen molar-refractivity contribution in [1.29, 1.82) is 0 Å². The van der Waals surface area contributed by atoms with Crippen LogP contribution in [-0.4, -0.2) is 50.2 Å². The minimum Gasteiger partial charge on any atom is -0.480 e. The number of benzene rings is 1. The number of anilines is 1. The van der Waals surface area contributed by atoms with E-state index < -0.39 is 23.6 Å². The summed E-state index contributed by atoms with van der Waals surface area (Å²) < 4.78 is 5.39. The molecule has 29 heavy (non-hydrogen) atoms.